The number of carbonyl (C=O) groups excluding carboxylic acids is 1. The minimum absolute atomic E-state index is 0.0611. The van der Waals surface area contributed by atoms with Gasteiger partial charge < -0.3 is 9.80 Å². The third kappa shape index (κ3) is 4.23. The van der Waals surface area contributed by atoms with Gasteiger partial charge in [0.25, 0.3) is 5.91 Å². The second-order valence-corrected chi connectivity index (χ2v) is 11.4. The van der Waals surface area contributed by atoms with Crippen LogP contribution in [0, 0.1) is 11.3 Å². The van der Waals surface area contributed by atoms with Gasteiger partial charge in [0.1, 0.15) is 16.5 Å². The standard InChI is InChI=1S/C26H33N5OS/c1-5-21-28-23(30-11-13-31(14-12-30)25(32)17-7-6-10-27-16-17)22-19-9-8-18(26(2,3)4)15-20(19)33-24(22)29-21/h6-7,10,16,18H,5,8-9,11-15H2,1-4H3/t18-/m0/s1. The molecule has 1 amide bonds. The average Bonchev–Trinajstić information content (AvgIpc) is 3.21. The Morgan fingerprint density at radius 1 is 1.18 bits per heavy atom. The molecule has 0 radical (unpaired) electrons. The molecule has 1 fully saturated rings. The molecule has 174 valence electrons. The molecule has 3 aromatic rings. The number of piperazine rings is 1. The number of fused-ring (bicyclic) bond motifs is 3. The van der Waals surface area contributed by atoms with Gasteiger partial charge in [-0.15, -0.1) is 11.3 Å². The quantitative estimate of drug-likeness (QED) is 0.560. The van der Waals surface area contributed by atoms with Crippen LogP contribution < -0.4 is 4.90 Å². The first-order chi connectivity index (χ1) is 15.8. The molecule has 6 nitrogen and oxygen atoms in total. The van der Waals surface area contributed by atoms with Crippen LogP contribution in [0.4, 0.5) is 5.82 Å². The Morgan fingerprint density at radius 3 is 2.64 bits per heavy atom. The molecule has 0 N–H and O–H groups in total. The number of amides is 1. The number of aryl methyl sites for hydroxylation is 2. The van der Waals surface area contributed by atoms with Gasteiger partial charge in [-0.3, -0.25) is 9.78 Å². The minimum atomic E-state index is 0.0611. The van der Waals surface area contributed by atoms with Gasteiger partial charge in [-0.1, -0.05) is 27.7 Å². The maximum absolute atomic E-state index is 12.9. The summed E-state index contributed by atoms with van der Waals surface area (Å²) in [5.74, 6) is 2.77. The first kappa shape index (κ1) is 22.3. The summed E-state index contributed by atoms with van der Waals surface area (Å²) in [5, 5.41) is 1.27. The predicted molar refractivity (Wildman–Crippen MR) is 134 cm³/mol. The van der Waals surface area contributed by atoms with E-state index in [4.69, 9.17) is 9.97 Å². The monoisotopic (exact) mass is 463 g/mol. The van der Waals surface area contributed by atoms with Gasteiger partial charge >= 0.3 is 0 Å². The molecule has 4 heterocycles. The number of hydrogen-bond donors (Lipinski definition) is 0. The number of rotatable bonds is 3. The number of nitrogens with zero attached hydrogens (tertiary/aromatic N) is 5. The van der Waals surface area contributed by atoms with Gasteiger partial charge in [0.2, 0.25) is 0 Å². The van der Waals surface area contributed by atoms with Gasteiger partial charge in [0.15, 0.2) is 0 Å². The Balaban J connectivity index is 1.43. The highest BCUT2D eigenvalue weighted by molar-refractivity contribution is 7.19. The summed E-state index contributed by atoms with van der Waals surface area (Å²) in [5.41, 5.74) is 2.46. The molecule has 0 aromatic carbocycles. The largest absolute Gasteiger partial charge is 0.352 e. The first-order valence-corrected chi connectivity index (χ1v) is 12.9. The Bertz CT molecular complexity index is 1160. The molecule has 1 atom stereocenters. The zero-order valence-corrected chi connectivity index (χ0v) is 20.9. The Labute approximate surface area is 200 Å². The molecule has 0 bridgehead atoms. The lowest BCUT2D eigenvalue weighted by atomic mass is 9.72. The van der Waals surface area contributed by atoms with E-state index in [1.807, 2.05) is 28.4 Å². The van der Waals surface area contributed by atoms with Crippen LogP contribution in [-0.4, -0.2) is 51.9 Å². The van der Waals surface area contributed by atoms with E-state index < -0.39 is 0 Å². The van der Waals surface area contributed by atoms with Crippen molar-refractivity contribution < 1.29 is 4.79 Å². The van der Waals surface area contributed by atoms with Gasteiger partial charge in [0.05, 0.1) is 10.9 Å². The van der Waals surface area contributed by atoms with Crippen LogP contribution in [0.3, 0.4) is 0 Å². The molecule has 7 heteroatoms. The van der Waals surface area contributed by atoms with E-state index in [1.165, 1.54) is 22.2 Å². The fourth-order valence-corrected chi connectivity index (χ4v) is 6.43. The third-order valence-electron chi connectivity index (χ3n) is 7.25. The zero-order chi connectivity index (χ0) is 23.2. The van der Waals surface area contributed by atoms with Crippen molar-refractivity contribution in [3.8, 4) is 0 Å². The van der Waals surface area contributed by atoms with E-state index >= 15 is 0 Å². The molecule has 0 saturated carbocycles. The summed E-state index contributed by atoms with van der Waals surface area (Å²) in [6.07, 6.45) is 7.66. The van der Waals surface area contributed by atoms with E-state index in [0.717, 1.165) is 48.8 Å². The molecule has 1 aliphatic heterocycles. The third-order valence-corrected chi connectivity index (χ3v) is 8.40. The molecule has 3 aromatic heterocycles. The molecule has 1 aliphatic carbocycles. The number of hydrogen-bond acceptors (Lipinski definition) is 6. The number of anilines is 1. The van der Waals surface area contributed by atoms with Crippen molar-refractivity contribution in [1.29, 1.82) is 0 Å². The van der Waals surface area contributed by atoms with Crippen LogP contribution in [0.15, 0.2) is 24.5 Å². The van der Waals surface area contributed by atoms with Crippen LogP contribution >= 0.6 is 11.3 Å². The Kier molecular flexibility index (Phi) is 5.85. The van der Waals surface area contributed by atoms with Crippen LogP contribution in [-0.2, 0) is 19.3 Å². The lowest BCUT2D eigenvalue weighted by Gasteiger charge is -2.36. The van der Waals surface area contributed by atoms with Gasteiger partial charge in [-0.25, -0.2) is 9.97 Å². The van der Waals surface area contributed by atoms with Gasteiger partial charge in [-0.05, 0) is 48.3 Å². The average molecular weight is 464 g/mol. The van der Waals surface area contributed by atoms with E-state index in [1.54, 1.807) is 12.4 Å². The minimum Gasteiger partial charge on any atom is -0.352 e. The summed E-state index contributed by atoms with van der Waals surface area (Å²) >= 11 is 1.88. The van der Waals surface area contributed by atoms with Crippen LogP contribution in [0.1, 0.15) is 60.7 Å². The molecule has 0 spiro atoms. The number of pyridine rings is 1. The number of carbonyl (C=O) groups is 1. The fraction of sp³-hybridized carbons (Fsp3) is 0.538. The molecular weight excluding hydrogens is 430 g/mol. The maximum Gasteiger partial charge on any atom is 0.255 e. The fourth-order valence-electron chi connectivity index (χ4n) is 5.12. The zero-order valence-electron chi connectivity index (χ0n) is 20.1. The van der Waals surface area contributed by atoms with E-state index in [-0.39, 0.29) is 5.91 Å². The highest BCUT2D eigenvalue weighted by Gasteiger charge is 2.33. The first-order valence-electron chi connectivity index (χ1n) is 12.1. The number of aromatic nitrogens is 3. The summed E-state index contributed by atoms with van der Waals surface area (Å²) < 4.78 is 0. The molecule has 0 unspecified atom stereocenters. The van der Waals surface area contributed by atoms with E-state index in [9.17, 15) is 4.79 Å². The van der Waals surface area contributed by atoms with Crippen molar-refractivity contribution in [2.75, 3.05) is 31.1 Å². The topological polar surface area (TPSA) is 62.2 Å². The second kappa shape index (κ2) is 8.67. The summed E-state index contributed by atoms with van der Waals surface area (Å²) in [4.78, 5) is 33.9. The molecule has 1 saturated heterocycles. The Hall–Kier alpha value is -2.54. The molecule has 5 rings (SSSR count). The summed E-state index contributed by atoms with van der Waals surface area (Å²) in [6, 6.07) is 3.66. The van der Waals surface area contributed by atoms with Gasteiger partial charge in [0, 0.05) is 49.9 Å². The van der Waals surface area contributed by atoms with Crippen molar-refractivity contribution in [3.05, 3.63) is 46.4 Å². The molecular formula is C26H33N5OS. The van der Waals surface area contributed by atoms with Crippen molar-refractivity contribution in [2.45, 2.75) is 53.4 Å². The van der Waals surface area contributed by atoms with E-state index in [2.05, 4.69) is 37.6 Å². The highest BCUT2D eigenvalue weighted by Crippen LogP contribution is 2.45. The summed E-state index contributed by atoms with van der Waals surface area (Å²) in [6.45, 7) is 12.2. The lowest BCUT2D eigenvalue weighted by molar-refractivity contribution is 0.0746. The highest BCUT2D eigenvalue weighted by atomic mass is 32.1. The lowest BCUT2D eigenvalue weighted by Crippen LogP contribution is -2.49. The Morgan fingerprint density at radius 2 is 1.97 bits per heavy atom. The van der Waals surface area contributed by atoms with Crippen molar-refractivity contribution >= 4 is 33.3 Å². The normalized spacial score (nSPS) is 19.1. The second-order valence-electron chi connectivity index (χ2n) is 10.3. The van der Waals surface area contributed by atoms with Crippen LogP contribution in [0.5, 0.6) is 0 Å². The van der Waals surface area contributed by atoms with E-state index in [0.29, 0.717) is 30.0 Å². The molecule has 33 heavy (non-hydrogen) atoms. The molecule has 2 aliphatic rings. The van der Waals surface area contributed by atoms with Crippen molar-refractivity contribution in [1.82, 2.24) is 19.9 Å². The summed E-state index contributed by atoms with van der Waals surface area (Å²) in [7, 11) is 0. The maximum atomic E-state index is 12.9. The van der Waals surface area contributed by atoms with Gasteiger partial charge in [-0.2, -0.15) is 0 Å². The van der Waals surface area contributed by atoms with Crippen molar-refractivity contribution in [2.24, 2.45) is 11.3 Å². The van der Waals surface area contributed by atoms with Crippen LogP contribution in [0.25, 0.3) is 10.2 Å². The SMILES string of the molecule is CCc1nc(N2CCN(C(=O)c3cccnc3)CC2)c2c3c(sc2n1)C[C@@H](C(C)(C)C)CC3. The number of thiophene rings is 1. The smallest absolute Gasteiger partial charge is 0.255 e. The van der Waals surface area contributed by atoms with Crippen LogP contribution in [0.2, 0.25) is 0 Å². The predicted octanol–water partition coefficient (Wildman–Crippen LogP) is 4.76. The van der Waals surface area contributed by atoms with Crippen molar-refractivity contribution in [3.63, 3.8) is 0 Å².